The Bertz CT molecular complexity index is 571. The standard InChI is InChI=1S/C16H18FNOS/c1-11-9-13(19-2)5-8-15(11)16(18)10-20-14-6-3-12(17)4-7-14/h3-9,16H,10,18H2,1-2H3. The number of hydrogen-bond acceptors (Lipinski definition) is 3. The second kappa shape index (κ2) is 6.77. The van der Waals surface area contributed by atoms with Crippen molar-refractivity contribution in [2.75, 3.05) is 12.9 Å². The number of nitrogens with two attached hydrogens (primary N) is 1. The van der Waals surface area contributed by atoms with E-state index in [1.807, 2.05) is 25.1 Å². The van der Waals surface area contributed by atoms with E-state index in [0.29, 0.717) is 0 Å². The van der Waals surface area contributed by atoms with E-state index in [4.69, 9.17) is 10.5 Å². The van der Waals surface area contributed by atoms with Gasteiger partial charge in [0.05, 0.1) is 7.11 Å². The van der Waals surface area contributed by atoms with E-state index in [-0.39, 0.29) is 11.9 Å². The van der Waals surface area contributed by atoms with Crippen LogP contribution in [0, 0.1) is 12.7 Å². The summed E-state index contributed by atoms with van der Waals surface area (Å²) in [6, 6.07) is 12.3. The summed E-state index contributed by atoms with van der Waals surface area (Å²) in [6.07, 6.45) is 0. The van der Waals surface area contributed by atoms with Gasteiger partial charge in [-0.1, -0.05) is 6.07 Å². The molecule has 2 rings (SSSR count). The monoisotopic (exact) mass is 291 g/mol. The Morgan fingerprint density at radius 2 is 1.90 bits per heavy atom. The summed E-state index contributed by atoms with van der Waals surface area (Å²) in [6.45, 7) is 2.03. The molecule has 106 valence electrons. The highest BCUT2D eigenvalue weighted by molar-refractivity contribution is 7.99. The van der Waals surface area contributed by atoms with Crippen LogP contribution in [0.15, 0.2) is 47.4 Å². The molecule has 2 N–H and O–H groups in total. The molecule has 1 atom stereocenters. The lowest BCUT2D eigenvalue weighted by Crippen LogP contribution is -2.14. The lowest BCUT2D eigenvalue weighted by molar-refractivity contribution is 0.414. The molecule has 0 radical (unpaired) electrons. The molecule has 0 aromatic heterocycles. The minimum Gasteiger partial charge on any atom is -0.497 e. The van der Waals surface area contributed by atoms with Crippen LogP contribution in [-0.4, -0.2) is 12.9 Å². The Morgan fingerprint density at radius 3 is 2.50 bits per heavy atom. The van der Waals surface area contributed by atoms with Crippen molar-refractivity contribution in [2.45, 2.75) is 17.9 Å². The number of methoxy groups -OCH3 is 1. The molecule has 2 nitrogen and oxygen atoms in total. The third kappa shape index (κ3) is 3.74. The normalized spacial score (nSPS) is 12.2. The number of aryl methyl sites for hydroxylation is 1. The predicted molar refractivity (Wildman–Crippen MR) is 81.8 cm³/mol. The number of ether oxygens (including phenoxy) is 1. The highest BCUT2D eigenvalue weighted by Crippen LogP contribution is 2.27. The Kier molecular flexibility index (Phi) is 5.04. The average Bonchev–Trinajstić information content (AvgIpc) is 2.46. The lowest BCUT2D eigenvalue weighted by atomic mass is 10.0. The van der Waals surface area contributed by atoms with Gasteiger partial charge >= 0.3 is 0 Å². The van der Waals surface area contributed by atoms with Gasteiger partial charge in [-0.25, -0.2) is 4.39 Å². The summed E-state index contributed by atoms with van der Waals surface area (Å²) in [5.74, 6) is 1.37. The minimum atomic E-state index is -0.218. The molecule has 0 aliphatic carbocycles. The number of rotatable bonds is 5. The molecule has 0 amide bonds. The summed E-state index contributed by atoms with van der Waals surface area (Å²) in [5.41, 5.74) is 8.46. The molecular formula is C16H18FNOS. The second-order valence-corrected chi connectivity index (χ2v) is 5.69. The minimum absolute atomic E-state index is 0.0593. The van der Waals surface area contributed by atoms with Crippen molar-refractivity contribution in [3.8, 4) is 5.75 Å². The first-order valence-electron chi connectivity index (χ1n) is 6.38. The first-order chi connectivity index (χ1) is 9.60. The molecule has 0 heterocycles. The lowest BCUT2D eigenvalue weighted by Gasteiger charge is -2.15. The van der Waals surface area contributed by atoms with Crippen molar-refractivity contribution < 1.29 is 9.13 Å². The van der Waals surface area contributed by atoms with Crippen molar-refractivity contribution in [2.24, 2.45) is 5.73 Å². The maximum absolute atomic E-state index is 12.8. The molecule has 2 aromatic carbocycles. The van der Waals surface area contributed by atoms with Crippen LogP contribution < -0.4 is 10.5 Å². The maximum Gasteiger partial charge on any atom is 0.123 e. The summed E-state index contributed by atoms with van der Waals surface area (Å²) in [4.78, 5) is 1.02. The number of hydrogen-bond donors (Lipinski definition) is 1. The third-order valence-electron chi connectivity index (χ3n) is 3.12. The fraction of sp³-hybridized carbons (Fsp3) is 0.250. The Balaban J connectivity index is 2.01. The maximum atomic E-state index is 12.8. The SMILES string of the molecule is COc1ccc(C(N)CSc2ccc(F)cc2)c(C)c1. The quantitative estimate of drug-likeness (QED) is 0.848. The number of halogens is 1. The average molecular weight is 291 g/mol. The van der Waals surface area contributed by atoms with Gasteiger partial charge in [0.1, 0.15) is 11.6 Å². The highest BCUT2D eigenvalue weighted by Gasteiger charge is 2.10. The molecule has 0 aliphatic rings. The molecule has 4 heteroatoms. The van der Waals surface area contributed by atoms with Gasteiger partial charge in [-0.2, -0.15) is 0 Å². The van der Waals surface area contributed by atoms with Crippen molar-refractivity contribution in [3.63, 3.8) is 0 Å². The molecule has 20 heavy (non-hydrogen) atoms. The predicted octanol–water partition coefficient (Wildman–Crippen LogP) is 3.93. The molecule has 0 saturated carbocycles. The summed E-state index contributed by atoms with van der Waals surface area (Å²) >= 11 is 1.63. The molecule has 0 saturated heterocycles. The van der Waals surface area contributed by atoms with E-state index in [2.05, 4.69) is 0 Å². The van der Waals surface area contributed by atoms with E-state index in [1.54, 1.807) is 31.0 Å². The first kappa shape index (κ1) is 14.9. The Morgan fingerprint density at radius 1 is 1.20 bits per heavy atom. The summed E-state index contributed by atoms with van der Waals surface area (Å²) < 4.78 is 18.0. The fourth-order valence-electron chi connectivity index (χ4n) is 2.00. The van der Waals surface area contributed by atoms with Crippen LogP contribution >= 0.6 is 11.8 Å². The van der Waals surface area contributed by atoms with Crippen LogP contribution in [0.5, 0.6) is 5.75 Å². The topological polar surface area (TPSA) is 35.2 Å². The van der Waals surface area contributed by atoms with Gasteiger partial charge in [-0.15, -0.1) is 11.8 Å². The van der Waals surface area contributed by atoms with Gasteiger partial charge < -0.3 is 10.5 Å². The van der Waals surface area contributed by atoms with Gasteiger partial charge in [0.15, 0.2) is 0 Å². The zero-order chi connectivity index (χ0) is 14.5. The number of thioether (sulfide) groups is 1. The van der Waals surface area contributed by atoms with Crippen LogP contribution in [-0.2, 0) is 0 Å². The van der Waals surface area contributed by atoms with Gasteiger partial charge in [0.2, 0.25) is 0 Å². The van der Waals surface area contributed by atoms with Crippen molar-refractivity contribution in [1.29, 1.82) is 0 Å². The van der Waals surface area contributed by atoms with Crippen LogP contribution in [0.1, 0.15) is 17.2 Å². The molecule has 1 unspecified atom stereocenters. The van der Waals surface area contributed by atoms with E-state index >= 15 is 0 Å². The molecule has 0 fully saturated rings. The van der Waals surface area contributed by atoms with Crippen LogP contribution in [0.3, 0.4) is 0 Å². The Labute approximate surface area is 123 Å². The van der Waals surface area contributed by atoms with E-state index in [1.165, 1.54) is 12.1 Å². The molecular weight excluding hydrogens is 273 g/mol. The molecule has 2 aromatic rings. The van der Waals surface area contributed by atoms with E-state index in [0.717, 1.165) is 27.5 Å². The summed E-state index contributed by atoms with van der Waals surface area (Å²) in [5, 5.41) is 0. The van der Waals surface area contributed by atoms with Crippen molar-refractivity contribution >= 4 is 11.8 Å². The zero-order valence-corrected chi connectivity index (χ0v) is 12.4. The van der Waals surface area contributed by atoms with Gasteiger partial charge in [-0.05, 0) is 54.4 Å². The highest BCUT2D eigenvalue weighted by atomic mass is 32.2. The second-order valence-electron chi connectivity index (χ2n) is 4.59. The van der Waals surface area contributed by atoms with Gasteiger partial charge in [0, 0.05) is 16.7 Å². The molecule has 0 bridgehead atoms. The van der Waals surface area contributed by atoms with Crippen molar-refractivity contribution in [1.82, 2.24) is 0 Å². The van der Waals surface area contributed by atoms with Gasteiger partial charge in [0.25, 0.3) is 0 Å². The van der Waals surface area contributed by atoms with Crippen LogP contribution in [0.25, 0.3) is 0 Å². The van der Waals surface area contributed by atoms with Gasteiger partial charge in [-0.3, -0.25) is 0 Å². The largest absolute Gasteiger partial charge is 0.497 e. The van der Waals surface area contributed by atoms with E-state index in [9.17, 15) is 4.39 Å². The number of benzene rings is 2. The van der Waals surface area contributed by atoms with Crippen molar-refractivity contribution in [3.05, 3.63) is 59.4 Å². The third-order valence-corrected chi connectivity index (χ3v) is 4.25. The smallest absolute Gasteiger partial charge is 0.123 e. The summed E-state index contributed by atoms with van der Waals surface area (Å²) in [7, 11) is 1.65. The van der Waals surface area contributed by atoms with Crippen LogP contribution in [0.4, 0.5) is 4.39 Å². The van der Waals surface area contributed by atoms with E-state index < -0.39 is 0 Å². The Hall–Kier alpha value is -1.52. The zero-order valence-electron chi connectivity index (χ0n) is 11.6. The first-order valence-corrected chi connectivity index (χ1v) is 7.37. The molecule has 0 spiro atoms. The molecule has 0 aliphatic heterocycles. The van der Waals surface area contributed by atoms with Crippen LogP contribution in [0.2, 0.25) is 0 Å². The fourth-order valence-corrected chi connectivity index (χ4v) is 2.88.